The Morgan fingerprint density at radius 2 is 1.81 bits per heavy atom. The molecule has 168 valence electrons. The molecule has 0 spiro atoms. The molecule has 1 aliphatic heterocycles. The van der Waals surface area contributed by atoms with Crippen LogP contribution in [0.15, 0.2) is 42.5 Å². The lowest BCUT2D eigenvalue weighted by molar-refractivity contribution is 0.0904. The maximum atomic E-state index is 13.0. The number of amides is 1. The Labute approximate surface area is 187 Å². The lowest BCUT2D eigenvalue weighted by atomic mass is 9.85. The Bertz CT molecular complexity index is 1080. The van der Waals surface area contributed by atoms with Crippen LogP contribution in [0.25, 0.3) is 11.4 Å². The van der Waals surface area contributed by atoms with Crippen molar-refractivity contribution in [1.29, 1.82) is 0 Å². The van der Waals surface area contributed by atoms with Gasteiger partial charge in [0.25, 0.3) is 5.91 Å². The van der Waals surface area contributed by atoms with Gasteiger partial charge < -0.3 is 19.7 Å². The molecular weight excluding hydrogens is 408 g/mol. The fraction of sp³-hybridized carbons (Fsp3) is 0.391. The third-order valence-electron chi connectivity index (χ3n) is 5.88. The number of carbonyl (C=O) groups is 1. The SMILES string of the molecule is COc1ccc([C@H]2CN(C)CC[C@H]2NC(=O)c2ccc(-c3nnn(C)n3)cc2)cc1OC. The second kappa shape index (κ2) is 9.35. The number of methoxy groups -OCH3 is 2. The first-order valence-electron chi connectivity index (χ1n) is 10.5. The minimum atomic E-state index is -0.0938. The monoisotopic (exact) mass is 436 g/mol. The van der Waals surface area contributed by atoms with Crippen LogP contribution in [0, 0.1) is 0 Å². The molecule has 9 heteroatoms. The number of benzene rings is 2. The summed E-state index contributed by atoms with van der Waals surface area (Å²) in [4.78, 5) is 16.7. The van der Waals surface area contributed by atoms with Crippen molar-refractivity contribution in [2.45, 2.75) is 18.4 Å². The zero-order valence-electron chi connectivity index (χ0n) is 18.8. The zero-order valence-corrected chi connectivity index (χ0v) is 18.8. The van der Waals surface area contributed by atoms with E-state index in [-0.39, 0.29) is 17.9 Å². The van der Waals surface area contributed by atoms with Gasteiger partial charge in [0.15, 0.2) is 11.5 Å². The second-order valence-electron chi connectivity index (χ2n) is 8.03. The molecule has 1 N–H and O–H groups in total. The van der Waals surface area contributed by atoms with Crippen molar-refractivity contribution in [3.63, 3.8) is 0 Å². The van der Waals surface area contributed by atoms with Gasteiger partial charge in [0.1, 0.15) is 0 Å². The van der Waals surface area contributed by atoms with Crippen LogP contribution in [0.2, 0.25) is 0 Å². The highest BCUT2D eigenvalue weighted by atomic mass is 16.5. The molecule has 4 rings (SSSR count). The molecule has 3 aromatic rings. The molecule has 1 saturated heterocycles. The Morgan fingerprint density at radius 3 is 2.47 bits per heavy atom. The van der Waals surface area contributed by atoms with Crippen LogP contribution >= 0.6 is 0 Å². The Hall–Kier alpha value is -3.46. The number of hydrogen-bond acceptors (Lipinski definition) is 7. The van der Waals surface area contributed by atoms with Gasteiger partial charge in [-0.3, -0.25) is 4.79 Å². The highest BCUT2D eigenvalue weighted by Gasteiger charge is 2.31. The van der Waals surface area contributed by atoms with Crippen LogP contribution < -0.4 is 14.8 Å². The van der Waals surface area contributed by atoms with Crippen molar-refractivity contribution in [2.75, 3.05) is 34.4 Å². The van der Waals surface area contributed by atoms with E-state index in [1.54, 1.807) is 33.4 Å². The van der Waals surface area contributed by atoms with Crippen LogP contribution in [-0.2, 0) is 7.05 Å². The van der Waals surface area contributed by atoms with E-state index in [1.165, 1.54) is 4.80 Å². The molecule has 2 atom stereocenters. The number of carbonyl (C=O) groups excluding carboxylic acids is 1. The molecule has 2 aromatic carbocycles. The first kappa shape index (κ1) is 21.8. The van der Waals surface area contributed by atoms with Gasteiger partial charge in [-0.15, -0.1) is 10.2 Å². The normalized spacial score (nSPS) is 18.9. The Kier molecular flexibility index (Phi) is 6.36. The largest absolute Gasteiger partial charge is 0.493 e. The molecule has 0 saturated carbocycles. The van der Waals surface area contributed by atoms with Crippen molar-refractivity contribution in [2.24, 2.45) is 7.05 Å². The van der Waals surface area contributed by atoms with E-state index in [9.17, 15) is 4.79 Å². The average molecular weight is 437 g/mol. The summed E-state index contributed by atoms with van der Waals surface area (Å²) in [6, 6.07) is 13.2. The summed E-state index contributed by atoms with van der Waals surface area (Å²) in [6.07, 6.45) is 0.864. The topological polar surface area (TPSA) is 94.4 Å². The van der Waals surface area contributed by atoms with Gasteiger partial charge in [0, 0.05) is 29.6 Å². The number of ether oxygens (including phenoxy) is 2. The predicted molar refractivity (Wildman–Crippen MR) is 120 cm³/mol. The summed E-state index contributed by atoms with van der Waals surface area (Å²) >= 11 is 0. The predicted octanol–water partition coefficient (Wildman–Crippen LogP) is 2.11. The van der Waals surface area contributed by atoms with E-state index < -0.39 is 0 Å². The Balaban J connectivity index is 1.52. The molecule has 1 amide bonds. The van der Waals surface area contributed by atoms with E-state index in [0.29, 0.717) is 22.9 Å². The van der Waals surface area contributed by atoms with Crippen molar-refractivity contribution < 1.29 is 14.3 Å². The van der Waals surface area contributed by atoms with Gasteiger partial charge in [-0.25, -0.2) is 0 Å². The number of aryl methyl sites for hydroxylation is 1. The molecule has 1 aromatic heterocycles. The van der Waals surface area contributed by atoms with E-state index >= 15 is 0 Å². The fourth-order valence-corrected chi connectivity index (χ4v) is 4.13. The highest BCUT2D eigenvalue weighted by Crippen LogP contribution is 2.34. The molecule has 2 heterocycles. The lowest BCUT2D eigenvalue weighted by Crippen LogP contribution is -2.48. The number of aromatic nitrogens is 4. The summed E-state index contributed by atoms with van der Waals surface area (Å²) in [7, 11) is 7.08. The molecule has 0 bridgehead atoms. The van der Waals surface area contributed by atoms with Crippen LogP contribution in [0.5, 0.6) is 11.5 Å². The third kappa shape index (κ3) is 4.57. The van der Waals surface area contributed by atoms with Crippen LogP contribution in [-0.4, -0.2) is 71.4 Å². The summed E-state index contributed by atoms with van der Waals surface area (Å²) in [6.45, 7) is 1.77. The molecule has 0 radical (unpaired) electrons. The average Bonchev–Trinajstić information content (AvgIpc) is 3.26. The van der Waals surface area contributed by atoms with Crippen LogP contribution in [0.3, 0.4) is 0 Å². The van der Waals surface area contributed by atoms with Gasteiger partial charge in [-0.2, -0.15) is 4.80 Å². The molecule has 0 unspecified atom stereocenters. The van der Waals surface area contributed by atoms with E-state index in [1.807, 2.05) is 30.3 Å². The van der Waals surface area contributed by atoms with Crippen LogP contribution in [0.1, 0.15) is 28.3 Å². The first-order valence-corrected chi connectivity index (χ1v) is 10.5. The molecule has 1 fully saturated rings. The smallest absolute Gasteiger partial charge is 0.251 e. The molecule has 32 heavy (non-hydrogen) atoms. The summed E-state index contributed by atoms with van der Waals surface area (Å²) < 4.78 is 10.9. The van der Waals surface area contributed by atoms with E-state index in [4.69, 9.17) is 9.47 Å². The standard InChI is InChI=1S/C23H28N6O3/c1-28-12-11-19(18(14-28)17-9-10-20(31-3)21(13-17)32-4)24-23(30)16-7-5-15(6-8-16)22-25-27-29(2)26-22/h5-10,13,18-19H,11-12,14H2,1-4H3,(H,24,30)/t18-,19-/m1/s1. The van der Waals surface area contributed by atoms with Crippen molar-refractivity contribution in [3.8, 4) is 22.9 Å². The number of likely N-dealkylation sites (tertiary alicyclic amines) is 1. The highest BCUT2D eigenvalue weighted by molar-refractivity contribution is 5.94. The van der Waals surface area contributed by atoms with E-state index in [2.05, 4.69) is 32.7 Å². The maximum absolute atomic E-state index is 13.0. The summed E-state index contributed by atoms with van der Waals surface area (Å²) in [5.74, 6) is 1.96. The van der Waals surface area contributed by atoms with Crippen molar-refractivity contribution in [3.05, 3.63) is 53.6 Å². The second-order valence-corrected chi connectivity index (χ2v) is 8.03. The number of piperidine rings is 1. The number of rotatable bonds is 6. The minimum absolute atomic E-state index is 0.0122. The van der Waals surface area contributed by atoms with Crippen LogP contribution in [0.4, 0.5) is 0 Å². The number of likely N-dealkylation sites (N-methyl/N-ethyl adjacent to an activating group) is 1. The van der Waals surface area contributed by atoms with Crippen molar-refractivity contribution in [1.82, 2.24) is 30.4 Å². The zero-order chi connectivity index (χ0) is 22.7. The number of nitrogens with one attached hydrogen (secondary N) is 1. The number of hydrogen-bond donors (Lipinski definition) is 1. The summed E-state index contributed by atoms with van der Waals surface area (Å²) in [5, 5.41) is 15.3. The molecule has 0 aliphatic carbocycles. The Morgan fingerprint density at radius 1 is 1.06 bits per heavy atom. The quantitative estimate of drug-likeness (QED) is 0.632. The maximum Gasteiger partial charge on any atom is 0.251 e. The fourth-order valence-electron chi connectivity index (χ4n) is 4.13. The number of tetrazole rings is 1. The van der Waals surface area contributed by atoms with Gasteiger partial charge in [-0.05, 0) is 55.1 Å². The van der Waals surface area contributed by atoms with Gasteiger partial charge >= 0.3 is 0 Å². The third-order valence-corrected chi connectivity index (χ3v) is 5.88. The molecule has 1 aliphatic rings. The van der Waals surface area contributed by atoms with Crippen molar-refractivity contribution >= 4 is 5.91 Å². The van der Waals surface area contributed by atoms with Gasteiger partial charge in [0.2, 0.25) is 5.82 Å². The molecular formula is C23H28N6O3. The first-order chi connectivity index (χ1) is 15.5. The lowest BCUT2D eigenvalue weighted by Gasteiger charge is -2.37. The summed E-state index contributed by atoms with van der Waals surface area (Å²) in [5.41, 5.74) is 2.53. The molecule has 9 nitrogen and oxygen atoms in total. The minimum Gasteiger partial charge on any atom is -0.493 e. The van der Waals surface area contributed by atoms with Gasteiger partial charge in [-0.1, -0.05) is 18.2 Å². The number of nitrogens with zero attached hydrogens (tertiary/aromatic N) is 5. The van der Waals surface area contributed by atoms with E-state index in [0.717, 1.165) is 30.6 Å². The van der Waals surface area contributed by atoms with Gasteiger partial charge in [0.05, 0.1) is 21.3 Å².